The maximum Gasteiger partial charge on any atom is 0.337 e. The molecule has 1 aliphatic rings. The highest BCUT2D eigenvalue weighted by Gasteiger charge is 2.35. The van der Waals surface area contributed by atoms with Crippen LogP contribution in [-0.2, 0) is 9.53 Å². The normalized spacial score (nSPS) is 16.6. The molecule has 0 saturated carbocycles. The van der Waals surface area contributed by atoms with Gasteiger partial charge in [-0.15, -0.1) is 0 Å². The Morgan fingerprint density at radius 1 is 1.29 bits per heavy atom. The number of carbonyl (C=O) groups is 1. The number of non-ortho nitro benzene ring substituents is 1. The van der Waals surface area contributed by atoms with Crippen LogP contribution < -0.4 is 10.2 Å². The van der Waals surface area contributed by atoms with E-state index in [9.17, 15) is 14.9 Å². The smallest absolute Gasteiger partial charge is 0.337 e. The number of halogens is 1. The second-order valence-corrected chi connectivity index (χ2v) is 7.34. The fraction of sp³-hybridized carbons (Fsp3) is 0.158. The molecule has 3 rings (SSSR count). The third kappa shape index (κ3) is 3.76. The number of esters is 1. The van der Waals surface area contributed by atoms with Crippen molar-refractivity contribution in [1.29, 1.82) is 0 Å². The van der Waals surface area contributed by atoms with Gasteiger partial charge in [0.05, 0.1) is 23.6 Å². The number of nitrogens with one attached hydrogen (secondary N) is 1. The van der Waals surface area contributed by atoms with Crippen molar-refractivity contribution in [3.05, 3.63) is 80.0 Å². The number of anilines is 1. The van der Waals surface area contributed by atoms with Crippen LogP contribution in [0.1, 0.15) is 18.5 Å². The number of nitro groups is 1. The Morgan fingerprint density at radius 3 is 2.64 bits per heavy atom. The van der Waals surface area contributed by atoms with Crippen molar-refractivity contribution in [1.82, 2.24) is 5.32 Å². The number of nitro benzene ring substituents is 1. The first-order chi connectivity index (χ1) is 13.3. The zero-order chi connectivity index (χ0) is 20.4. The Hall–Kier alpha value is -2.78. The molecular formula is C19H16BrN3O4S. The van der Waals surface area contributed by atoms with Crippen LogP contribution >= 0.6 is 28.1 Å². The highest BCUT2D eigenvalue weighted by atomic mass is 79.9. The molecule has 1 unspecified atom stereocenters. The molecule has 0 saturated heterocycles. The van der Waals surface area contributed by atoms with Gasteiger partial charge in [0.1, 0.15) is 0 Å². The number of hydrogen-bond acceptors (Lipinski definition) is 5. The predicted molar refractivity (Wildman–Crippen MR) is 113 cm³/mol. The molecule has 144 valence electrons. The van der Waals surface area contributed by atoms with E-state index < -0.39 is 16.9 Å². The van der Waals surface area contributed by atoms with Gasteiger partial charge in [0.15, 0.2) is 5.11 Å². The molecular weight excluding hydrogens is 446 g/mol. The Labute approximate surface area is 175 Å². The summed E-state index contributed by atoms with van der Waals surface area (Å²) in [5.41, 5.74) is 2.16. The summed E-state index contributed by atoms with van der Waals surface area (Å²) >= 11 is 8.98. The number of thiocarbonyl (C=S) groups is 1. The molecule has 0 spiro atoms. The Bertz CT molecular complexity index is 1010. The molecule has 1 N–H and O–H groups in total. The molecule has 0 bridgehead atoms. The van der Waals surface area contributed by atoms with Crippen LogP contribution in [0.4, 0.5) is 11.4 Å². The minimum absolute atomic E-state index is 0.0680. The van der Waals surface area contributed by atoms with E-state index in [0.717, 1.165) is 10.2 Å². The van der Waals surface area contributed by atoms with Crippen LogP contribution in [0.15, 0.2) is 64.3 Å². The molecule has 9 heteroatoms. The third-order valence-electron chi connectivity index (χ3n) is 4.37. The van der Waals surface area contributed by atoms with E-state index >= 15 is 0 Å². The second kappa shape index (κ2) is 8.07. The minimum atomic E-state index is -0.664. The van der Waals surface area contributed by atoms with Crippen molar-refractivity contribution < 1.29 is 14.5 Å². The minimum Gasteiger partial charge on any atom is -0.466 e. The topological polar surface area (TPSA) is 84.7 Å². The highest BCUT2D eigenvalue weighted by Crippen LogP contribution is 2.35. The SMILES string of the molecule is COC(=O)C1=C(C)N(c2cccc(Br)c2)C(=S)NC1c1cccc([N+](=O)[O-])c1. The van der Waals surface area contributed by atoms with Gasteiger partial charge >= 0.3 is 5.97 Å². The quantitative estimate of drug-likeness (QED) is 0.315. The number of methoxy groups -OCH3 is 1. The van der Waals surface area contributed by atoms with Crippen molar-refractivity contribution in [3.8, 4) is 0 Å². The zero-order valence-corrected chi connectivity index (χ0v) is 17.4. The highest BCUT2D eigenvalue weighted by molar-refractivity contribution is 9.10. The lowest BCUT2D eigenvalue weighted by Gasteiger charge is -2.37. The van der Waals surface area contributed by atoms with Crippen LogP contribution in [0.2, 0.25) is 0 Å². The maximum absolute atomic E-state index is 12.6. The zero-order valence-electron chi connectivity index (χ0n) is 15.0. The van der Waals surface area contributed by atoms with Gasteiger partial charge in [0, 0.05) is 28.0 Å². The fourth-order valence-corrected chi connectivity index (χ4v) is 3.86. The largest absolute Gasteiger partial charge is 0.466 e. The van der Waals surface area contributed by atoms with Gasteiger partial charge in [-0.1, -0.05) is 34.1 Å². The first kappa shape index (κ1) is 20.0. The summed E-state index contributed by atoms with van der Waals surface area (Å²) in [5, 5.41) is 14.6. The lowest BCUT2D eigenvalue weighted by Crippen LogP contribution is -2.48. The first-order valence-corrected chi connectivity index (χ1v) is 9.43. The standard InChI is InChI=1S/C19H16BrN3O4S/c1-11-16(18(24)27-2)17(12-5-3-8-15(9-12)23(25)26)21-19(28)22(11)14-7-4-6-13(20)10-14/h3-10,17H,1-2H3,(H,21,28). The fourth-order valence-electron chi connectivity index (χ4n) is 3.11. The van der Waals surface area contributed by atoms with Gasteiger partial charge in [-0.2, -0.15) is 0 Å². The van der Waals surface area contributed by atoms with Gasteiger partial charge < -0.3 is 10.1 Å². The summed E-state index contributed by atoms with van der Waals surface area (Å²) < 4.78 is 5.84. The summed E-state index contributed by atoms with van der Waals surface area (Å²) in [5.74, 6) is -0.538. The Kier molecular flexibility index (Phi) is 5.76. The van der Waals surface area contributed by atoms with E-state index in [0.29, 0.717) is 21.9 Å². The summed E-state index contributed by atoms with van der Waals surface area (Å²) in [7, 11) is 1.30. The number of rotatable bonds is 4. The van der Waals surface area contributed by atoms with Crippen molar-refractivity contribution in [2.24, 2.45) is 0 Å². The molecule has 0 amide bonds. The van der Waals surface area contributed by atoms with Crippen LogP contribution in [-0.4, -0.2) is 23.1 Å². The van der Waals surface area contributed by atoms with Gasteiger partial charge in [0.25, 0.3) is 5.69 Å². The summed E-state index contributed by atoms with van der Waals surface area (Å²) in [4.78, 5) is 25.0. The number of hydrogen-bond donors (Lipinski definition) is 1. The molecule has 2 aromatic rings. The van der Waals surface area contributed by atoms with Crippen molar-refractivity contribution in [3.63, 3.8) is 0 Å². The van der Waals surface area contributed by atoms with Crippen LogP contribution in [0.5, 0.6) is 0 Å². The van der Waals surface area contributed by atoms with E-state index in [1.165, 1.54) is 19.2 Å². The molecule has 1 atom stereocenters. The summed E-state index contributed by atoms with van der Waals surface area (Å²) in [6.07, 6.45) is 0. The van der Waals surface area contributed by atoms with Crippen LogP contribution in [0.3, 0.4) is 0 Å². The molecule has 0 radical (unpaired) electrons. The number of ether oxygens (including phenoxy) is 1. The first-order valence-electron chi connectivity index (χ1n) is 8.23. The Balaban J connectivity index is 2.15. The van der Waals surface area contributed by atoms with E-state index in [1.807, 2.05) is 24.3 Å². The number of allylic oxidation sites excluding steroid dienone is 1. The van der Waals surface area contributed by atoms with Crippen LogP contribution in [0, 0.1) is 10.1 Å². The molecule has 1 heterocycles. The molecule has 28 heavy (non-hydrogen) atoms. The molecule has 0 aromatic heterocycles. The van der Waals surface area contributed by atoms with Gasteiger partial charge in [-0.3, -0.25) is 15.0 Å². The molecule has 7 nitrogen and oxygen atoms in total. The average Bonchev–Trinajstić information content (AvgIpc) is 2.67. The lowest BCUT2D eigenvalue weighted by atomic mass is 9.94. The lowest BCUT2D eigenvalue weighted by molar-refractivity contribution is -0.384. The van der Waals surface area contributed by atoms with Crippen LogP contribution in [0.25, 0.3) is 0 Å². The number of carbonyl (C=O) groups excluding carboxylic acids is 1. The van der Waals surface area contributed by atoms with Gasteiger partial charge in [-0.05, 0) is 42.9 Å². The van der Waals surface area contributed by atoms with E-state index in [1.54, 1.807) is 24.0 Å². The second-order valence-electron chi connectivity index (χ2n) is 6.04. The van der Waals surface area contributed by atoms with Crippen molar-refractivity contribution in [2.45, 2.75) is 13.0 Å². The van der Waals surface area contributed by atoms with E-state index in [4.69, 9.17) is 17.0 Å². The monoisotopic (exact) mass is 461 g/mol. The molecule has 2 aromatic carbocycles. The van der Waals surface area contributed by atoms with E-state index in [2.05, 4.69) is 21.2 Å². The van der Waals surface area contributed by atoms with Gasteiger partial charge in [0.2, 0.25) is 0 Å². The summed E-state index contributed by atoms with van der Waals surface area (Å²) in [6.45, 7) is 1.77. The van der Waals surface area contributed by atoms with E-state index in [-0.39, 0.29) is 5.69 Å². The molecule has 0 aliphatic carbocycles. The average molecular weight is 462 g/mol. The third-order valence-corrected chi connectivity index (χ3v) is 5.16. The van der Waals surface area contributed by atoms with Gasteiger partial charge in [-0.25, -0.2) is 4.79 Å². The molecule has 1 aliphatic heterocycles. The predicted octanol–water partition coefficient (Wildman–Crippen LogP) is 4.24. The van der Waals surface area contributed by atoms with Crippen molar-refractivity contribution in [2.75, 3.05) is 12.0 Å². The molecule has 0 fully saturated rings. The number of nitrogens with zero attached hydrogens (tertiary/aromatic N) is 2. The Morgan fingerprint density at radius 2 is 2.00 bits per heavy atom. The summed E-state index contributed by atoms with van der Waals surface area (Å²) in [6, 6.07) is 12.9. The number of benzene rings is 2. The maximum atomic E-state index is 12.6. The van der Waals surface area contributed by atoms with Crippen molar-refractivity contribution >= 4 is 50.6 Å².